The zero-order valence-corrected chi connectivity index (χ0v) is 13.9. The van der Waals surface area contributed by atoms with Crippen LogP contribution in [0, 0.1) is 19.8 Å². The molecule has 114 valence electrons. The van der Waals surface area contributed by atoms with Gasteiger partial charge in [0.15, 0.2) is 0 Å². The second-order valence-electron chi connectivity index (χ2n) is 6.60. The van der Waals surface area contributed by atoms with Gasteiger partial charge in [-0.25, -0.2) is 0 Å². The lowest BCUT2D eigenvalue weighted by Gasteiger charge is -2.40. The van der Waals surface area contributed by atoms with E-state index in [1.807, 2.05) is 4.68 Å². The van der Waals surface area contributed by atoms with Gasteiger partial charge in [-0.05, 0) is 46.2 Å². The minimum Gasteiger partial charge on any atom is -0.314 e. The van der Waals surface area contributed by atoms with Crippen LogP contribution < -0.4 is 5.32 Å². The number of hydrogen-bond donors (Lipinski definition) is 1. The lowest BCUT2D eigenvalue weighted by atomic mass is 9.84. The molecule has 1 aromatic heterocycles. The maximum absolute atomic E-state index is 4.62. The molecular formula is C16H30N4. The van der Waals surface area contributed by atoms with Gasteiger partial charge < -0.3 is 5.32 Å². The van der Waals surface area contributed by atoms with Crippen molar-refractivity contribution in [1.29, 1.82) is 0 Å². The van der Waals surface area contributed by atoms with Gasteiger partial charge in [0.2, 0.25) is 0 Å². The third-order valence-electron chi connectivity index (χ3n) is 4.66. The van der Waals surface area contributed by atoms with E-state index in [9.17, 15) is 0 Å². The Hall–Kier alpha value is -0.870. The highest BCUT2D eigenvalue weighted by Crippen LogP contribution is 2.37. The van der Waals surface area contributed by atoms with Crippen LogP contribution in [0.5, 0.6) is 0 Å². The first-order chi connectivity index (χ1) is 9.41. The Balaban J connectivity index is 2.27. The highest BCUT2D eigenvalue weighted by atomic mass is 15.3. The van der Waals surface area contributed by atoms with Crippen LogP contribution in [0.4, 0.5) is 0 Å². The summed E-state index contributed by atoms with van der Waals surface area (Å²) in [6, 6.07) is 1.06. The van der Waals surface area contributed by atoms with E-state index in [-0.39, 0.29) is 0 Å². The van der Waals surface area contributed by atoms with Gasteiger partial charge >= 0.3 is 0 Å². The Labute approximate surface area is 123 Å². The fourth-order valence-electron chi connectivity index (χ4n) is 3.53. The standard InChI is InChI=1S/C16H30N4/c1-11(2)17-10-14-8-7-9-19(5)16(14)15-12(3)18-20(6)13(15)4/h11,14,16-17H,7-10H2,1-6H3. The van der Waals surface area contributed by atoms with Crippen molar-refractivity contribution < 1.29 is 0 Å². The number of piperidine rings is 1. The molecule has 1 aromatic rings. The molecule has 0 saturated carbocycles. The molecule has 2 atom stereocenters. The van der Waals surface area contributed by atoms with Crippen LogP contribution in [0.25, 0.3) is 0 Å². The Morgan fingerprint density at radius 2 is 2.00 bits per heavy atom. The molecule has 20 heavy (non-hydrogen) atoms. The summed E-state index contributed by atoms with van der Waals surface area (Å²) >= 11 is 0. The molecule has 2 unspecified atom stereocenters. The second kappa shape index (κ2) is 6.27. The Bertz CT molecular complexity index is 450. The number of aromatic nitrogens is 2. The predicted octanol–water partition coefficient (Wildman–Crippen LogP) is 2.42. The van der Waals surface area contributed by atoms with Crippen molar-refractivity contribution in [2.75, 3.05) is 20.1 Å². The number of nitrogens with one attached hydrogen (secondary N) is 1. The first-order valence-electron chi connectivity index (χ1n) is 7.85. The molecule has 1 saturated heterocycles. The number of likely N-dealkylation sites (tertiary alicyclic amines) is 1. The van der Waals surface area contributed by atoms with Crippen LogP contribution in [-0.2, 0) is 7.05 Å². The summed E-state index contributed by atoms with van der Waals surface area (Å²) in [5.41, 5.74) is 3.96. The van der Waals surface area contributed by atoms with Crippen LogP contribution >= 0.6 is 0 Å². The second-order valence-corrected chi connectivity index (χ2v) is 6.60. The van der Waals surface area contributed by atoms with E-state index >= 15 is 0 Å². The van der Waals surface area contributed by atoms with Gasteiger partial charge in [0, 0.05) is 36.9 Å². The number of aryl methyl sites for hydroxylation is 2. The van der Waals surface area contributed by atoms with Crippen molar-refractivity contribution >= 4 is 0 Å². The van der Waals surface area contributed by atoms with E-state index in [0.717, 1.165) is 6.54 Å². The van der Waals surface area contributed by atoms with Crippen molar-refractivity contribution in [3.05, 3.63) is 17.0 Å². The smallest absolute Gasteiger partial charge is 0.0644 e. The first-order valence-corrected chi connectivity index (χ1v) is 7.85. The van der Waals surface area contributed by atoms with Crippen molar-refractivity contribution in [2.45, 2.75) is 52.6 Å². The van der Waals surface area contributed by atoms with Crippen molar-refractivity contribution in [3.8, 4) is 0 Å². The van der Waals surface area contributed by atoms with Gasteiger partial charge in [-0.15, -0.1) is 0 Å². The zero-order valence-electron chi connectivity index (χ0n) is 13.9. The van der Waals surface area contributed by atoms with Gasteiger partial charge in [-0.3, -0.25) is 9.58 Å². The van der Waals surface area contributed by atoms with Gasteiger partial charge in [-0.2, -0.15) is 5.10 Å². The average Bonchev–Trinajstić information content (AvgIpc) is 2.62. The normalized spacial score (nSPS) is 24.6. The minimum absolute atomic E-state index is 0.503. The molecule has 0 radical (unpaired) electrons. The summed E-state index contributed by atoms with van der Waals surface area (Å²) in [5, 5.41) is 8.25. The Kier molecular flexibility index (Phi) is 4.86. The number of rotatable bonds is 4. The fraction of sp³-hybridized carbons (Fsp3) is 0.812. The van der Waals surface area contributed by atoms with Crippen LogP contribution in [0.15, 0.2) is 0 Å². The maximum Gasteiger partial charge on any atom is 0.0644 e. The van der Waals surface area contributed by atoms with Crippen LogP contribution in [0.3, 0.4) is 0 Å². The molecule has 4 heteroatoms. The summed E-state index contributed by atoms with van der Waals surface area (Å²) < 4.78 is 2.03. The van der Waals surface area contributed by atoms with E-state index in [1.54, 1.807) is 0 Å². The van der Waals surface area contributed by atoms with E-state index in [4.69, 9.17) is 0 Å². The van der Waals surface area contributed by atoms with E-state index < -0.39 is 0 Å². The fourth-order valence-corrected chi connectivity index (χ4v) is 3.53. The molecule has 0 spiro atoms. The maximum atomic E-state index is 4.62. The van der Waals surface area contributed by atoms with Gasteiger partial charge in [0.05, 0.1) is 5.69 Å². The molecule has 1 aliphatic rings. The highest BCUT2D eigenvalue weighted by molar-refractivity contribution is 5.29. The van der Waals surface area contributed by atoms with Gasteiger partial charge in [0.25, 0.3) is 0 Å². The average molecular weight is 278 g/mol. The zero-order chi connectivity index (χ0) is 14.9. The largest absolute Gasteiger partial charge is 0.314 e. The molecule has 1 aliphatic heterocycles. The SMILES string of the molecule is Cc1nn(C)c(C)c1C1C(CNC(C)C)CCCN1C. The predicted molar refractivity (Wildman–Crippen MR) is 83.9 cm³/mol. The summed E-state index contributed by atoms with van der Waals surface area (Å²) in [6.07, 6.45) is 2.61. The van der Waals surface area contributed by atoms with Crippen LogP contribution in [0.1, 0.15) is 49.7 Å². The molecule has 0 bridgehead atoms. The number of nitrogens with zero attached hydrogens (tertiary/aromatic N) is 3. The monoisotopic (exact) mass is 278 g/mol. The van der Waals surface area contributed by atoms with E-state index in [1.165, 1.54) is 36.3 Å². The van der Waals surface area contributed by atoms with Gasteiger partial charge in [-0.1, -0.05) is 13.8 Å². The van der Waals surface area contributed by atoms with E-state index in [2.05, 4.69) is 57.1 Å². The molecular weight excluding hydrogens is 248 g/mol. The topological polar surface area (TPSA) is 33.1 Å². The van der Waals surface area contributed by atoms with Gasteiger partial charge in [0.1, 0.15) is 0 Å². The third kappa shape index (κ3) is 3.07. The Morgan fingerprint density at radius 1 is 1.30 bits per heavy atom. The molecule has 0 aromatic carbocycles. The molecule has 2 heterocycles. The lowest BCUT2D eigenvalue weighted by molar-refractivity contribution is 0.117. The van der Waals surface area contributed by atoms with E-state index in [0.29, 0.717) is 18.0 Å². The molecule has 0 aliphatic carbocycles. The molecule has 4 nitrogen and oxygen atoms in total. The van der Waals surface area contributed by atoms with Crippen molar-refractivity contribution in [2.24, 2.45) is 13.0 Å². The molecule has 1 fully saturated rings. The summed E-state index contributed by atoms with van der Waals surface area (Å²) in [7, 11) is 4.31. The van der Waals surface area contributed by atoms with Crippen molar-refractivity contribution in [3.63, 3.8) is 0 Å². The highest BCUT2D eigenvalue weighted by Gasteiger charge is 2.33. The molecule has 1 N–H and O–H groups in total. The molecule has 2 rings (SSSR count). The first kappa shape index (κ1) is 15.5. The summed E-state index contributed by atoms with van der Waals surface area (Å²) in [6.45, 7) is 11.1. The Morgan fingerprint density at radius 3 is 2.55 bits per heavy atom. The third-order valence-corrected chi connectivity index (χ3v) is 4.66. The quantitative estimate of drug-likeness (QED) is 0.918. The minimum atomic E-state index is 0.503. The summed E-state index contributed by atoms with van der Waals surface area (Å²) in [5.74, 6) is 0.678. The lowest BCUT2D eigenvalue weighted by Crippen LogP contribution is -2.42. The number of hydrogen-bond acceptors (Lipinski definition) is 3. The van der Waals surface area contributed by atoms with Crippen LogP contribution in [0.2, 0.25) is 0 Å². The van der Waals surface area contributed by atoms with Crippen molar-refractivity contribution in [1.82, 2.24) is 20.0 Å². The molecule has 0 amide bonds. The summed E-state index contributed by atoms with van der Waals surface area (Å²) in [4.78, 5) is 2.52. The van der Waals surface area contributed by atoms with Crippen LogP contribution in [-0.4, -0.2) is 40.9 Å².